The second-order valence-electron chi connectivity index (χ2n) is 3.51. The molecule has 1 aromatic carbocycles. The SMILES string of the molecule is CC(C(=O)O)c1ccccc1-c1cnco1. The summed E-state index contributed by atoms with van der Waals surface area (Å²) < 4.78 is 5.19. The molecule has 4 nitrogen and oxygen atoms in total. The summed E-state index contributed by atoms with van der Waals surface area (Å²) in [6, 6.07) is 7.27. The number of aliphatic carboxylic acids is 1. The van der Waals surface area contributed by atoms with Crippen LogP contribution in [0.4, 0.5) is 0 Å². The molecule has 2 aromatic rings. The van der Waals surface area contributed by atoms with Gasteiger partial charge in [0.15, 0.2) is 12.2 Å². The summed E-state index contributed by atoms with van der Waals surface area (Å²) in [5.41, 5.74) is 1.50. The van der Waals surface area contributed by atoms with Crippen molar-refractivity contribution in [3.05, 3.63) is 42.4 Å². The summed E-state index contributed by atoms with van der Waals surface area (Å²) >= 11 is 0. The van der Waals surface area contributed by atoms with E-state index in [2.05, 4.69) is 4.98 Å². The van der Waals surface area contributed by atoms with Gasteiger partial charge in [-0.05, 0) is 12.5 Å². The Balaban J connectivity index is 2.50. The van der Waals surface area contributed by atoms with Gasteiger partial charge in [-0.1, -0.05) is 24.3 Å². The van der Waals surface area contributed by atoms with Gasteiger partial charge in [-0.25, -0.2) is 4.98 Å². The molecule has 0 saturated heterocycles. The van der Waals surface area contributed by atoms with E-state index in [0.29, 0.717) is 5.76 Å². The first kappa shape index (κ1) is 10.4. The first-order chi connectivity index (χ1) is 7.70. The highest BCUT2D eigenvalue weighted by Gasteiger charge is 2.18. The Morgan fingerprint density at radius 2 is 2.19 bits per heavy atom. The fraction of sp³-hybridized carbons (Fsp3) is 0.167. The van der Waals surface area contributed by atoms with E-state index in [9.17, 15) is 4.79 Å². The normalized spacial score (nSPS) is 12.3. The van der Waals surface area contributed by atoms with Crippen LogP contribution in [0.3, 0.4) is 0 Å². The molecule has 0 spiro atoms. The maximum Gasteiger partial charge on any atom is 0.310 e. The second-order valence-corrected chi connectivity index (χ2v) is 3.51. The highest BCUT2D eigenvalue weighted by molar-refractivity contribution is 5.79. The number of carbonyl (C=O) groups is 1. The summed E-state index contributed by atoms with van der Waals surface area (Å²) in [5.74, 6) is -0.836. The average Bonchev–Trinajstić information content (AvgIpc) is 2.81. The van der Waals surface area contributed by atoms with Gasteiger partial charge in [0, 0.05) is 5.56 Å². The topological polar surface area (TPSA) is 63.3 Å². The Labute approximate surface area is 92.6 Å². The Bertz CT molecular complexity index is 491. The van der Waals surface area contributed by atoms with E-state index >= 15 is 0 Å². The fourth-order valence-electron chi connectivity index (χ4n) is 1.58. The van der Waals surface area contributed by atoms with Gasteiger partial charge >= 0.3 is 5.97 Å². The van der Waals surface area contributed by atoms with Gasteiger partial charge < -0.3 is 9.52 Å². The number of rotatable bonds is 3. The minimum absolute atomic E-state index is 0.568. The van der Waals surface area contributed by atoms with Crippen molar-refractivity contribution in [3.8, 4) is 11.3 Å². The molecule has 1 N–H and O–H groups in total. The Morgan fingerprint density at radius 3 is 2.81 bits per heavy atom. The molecule has 0 aliphatic heterocycles. The standard InChI is InChI=1S/C12H11NO3/c1-8(12(14)15)9-4-2-3-5-10(9)11-6-13-7-16-11/h2-8H,1H3,(H,14,15). The maximum atomic E-state index is 11.0. The molecule has 4 heteroatoms. The van der Waals surface area contributed by atoms with E-state index in [0.717, 1.165) is 11.1 Å². The average molecular weight is 217 g/mol. The van der Waals surface area contributed by atoms with Crippen molar-refractivity contribution in [1.82, 2.24) is 4.98 Å². The number of nitrogens with zero attached hydrogens (tertiary/aromatic N) is 1. The zero-order valence-corrected chi connectivity index (χ0v) is 8.75. The molecule has 82 valence electrons. The minimum Gasteiger partial charge on any atom is -0.481 e. The molecule has 0 aliphatic rings. The third kappa shape index (κ3) is 1.82. The molecule has 2 rings (SSSR count). The number of carboxylic acid groups (broad SMARTS) is 1. The summed E-state index contributed by atoms with van der Waals surface area (Å²) in [7, 11) is 0. The molecule has 0 bridgehead atoms. The van der Waals surface area contributed by atoms with Crippen LogP contribution in [-0.4, -0.2) is 16.1 Å². The molecule has 1 aromatic heterocycles. The minimum atomic E-state index is -0.855. The van der Waals surface area contributed by atoms with Crippen molar-refractivity contribution in [2.45, 2.75) is 12.8 Å². The Kier molecular flexibility index (Phi) is 2.72. The predicted molar refractivity (Wildman–Crippen MR) is 58.0 cm³/mol. The van der Waals surface area contributed by atoms with Gasteiger partial charge in [-0.15, -0.1) is 0 Å². The zero-order chi connectivity index (χ0) is 11.5. The van der Waals surface area contributed by atoms with Crippen molar-refractivity contribution in [1.29, 1.82) is 0 Å². The van der Waals surface area contributed by atoms with Gasteiger partial charge in [0.25, 0.3) is 0 Å². The Hall–Kier alpha value is -2.10. The van der Waals surface area contributed by atoms with Crippen LogP contribution in [0.25, 0.3) is 11.3 Å². The van der Waals surface area contributed by atoms with Gasteiger partial charge in [0.2, 0.25) is 0 Å². The summed E-state index contributed by atoms with van der Waals surface area (Å²) in [6.07, 6.45) is 2.91. The lowest BCUT2D eigenvalue weighted by Crippen LogP contribution is -2.08. The van der Waals surface area contributed by atoms with Crippen LogP contribution in [0.2, 0.25) is 0 Å². The van der Waals surface area contributed by atoms with Crippen molar-refractivity contribution in [2.75, 3.05) is 0 Å². The number of hydrogen-bond donors (Lipinski definition) is 1. The largest absolute Gasteiger partial charge is 0.481 e. The Morgan fingerprint density at radius 1 is 1.44 bits per heavy atom. The van der Waals surface area contributed by atoms with Crippen LogP contribution in [0.5, 0.6) is 0 Å². The quantitative estimate of drug-likeness (QED) is 0.858. The molecule has 0 radical (unpaired) electrons. The predicted octanol–water partition coefficient (Wildman–Crippen LogP) is 2.53. The van der Waals surface area contributed by atoms with E-state index in [4.69, 9.17) is 9.52 Å². The van der Waals surface area contributed by atoms with E-state index in [1.165, 1.54) is 6.39 Å². The molecule has 0 amide bonds. The first-order valence-corrected chi connectivity index (χ1v) is 4.90. The van der Waals surface area contributed by atoms with Crippen LogP contribution >= 0.6 is 0 Å². The van der Waals surface area contributed by atoms with Crippen LogP contribution in [-0.2, 0) is 4.79 Å². The number of oxazole rings is 1. The lowest BCUT2D eigenvalue weighted by atomic mass is 9.95. The lowest BCUT2D eigenvalue weighted by molar-refractivity contribution is -0.138. The summed E-state index contributed by atoms with van der Waals surface area (Å²) in [6.45, 7) is 1.65. The van der Waals surface area contributed by atoms with Crippen LogP contribution in [0.1, 0.15) is 18.4 Å². The van der Waals surface area contributed by atoms with Crippen LogP contribution < -0.4 is 0 Å². The van der Waals surface area contributed by atoms with Crippen LogP contribution in [0, 0.1) is 0 Å². The molecule has 1 heterocycles. The molecular weight excluding hydrogens is 206 g/mol. The van der Waals surface area contributed by atoms with Gasteiger partial charge in [-0.3, -0.25) is 4.79 Å². The van der Waals surface area contributed by atoms with E-state index in [-0.39, 0.29) is 0 Å². The van der Waals surface area contributed by atoms with Crippen molar-refractivity contribution in [2.24, 2.45) is 0 Å². The van der Waals surface area contributed by atoms with E-state index in [1.807, 2.05) is 18.2 Å². The number of hydrogen-bond acceptors (Lipinski definition) is 3. The lowest BCUT2D eigenvalue weighted by Gasteiger charge is -2.10. The molecule has 0 saturated carbocycles. The molecule has 1 atom stereocenters. The summed E-state index contributed by atoms with van der Waals surface area (Å²) in [5, 5.41) is 9.01. The third-order valence-corrected chi connectivity index (χ3v) is 2.50. The van der Waals surface area contributed by atoms with Gasteiger partial charge in [-0.2, -0.15) is 0 Å². The molecule has 1 unspecified atom stereocenters. The highest BCUT2D eigenvalue weighted by atomic mass is 16.4. The number of benzene rings is 1. The van der Waals surface area contributed by atoms with Crippen LogP contribution in [0.15, 0.2) is 41.3 Å². The third-order valence-electron chi connectivity index (χ3n) is 2.50. The maximum absolute atomic E-state index is 11.0. The number of aromatic nitrogens is 1. The second kappa shape index (κ2) is 4.18. The fourth-order valence-corrected chi connectivity index (χ4v) is 1.58. The first-order valence-electron chi connectivity index (χ1n) is 4.90. The summed E-state index contributed by atoms with van der Waals surface area (Å²) in [4.78, 5) is 14.8. The molecule has 16 heavy (non-hydrogen) atoms. The van der Waals surface area contributed by atoms with E-state index in [1.54, 1.807) is 19.2 Å². The number of carboxylic acids is 1. The van der Waals surface area contributed by atoms with Crippen molar-refractivity contribution < 1.29 is 14.3 Å². The van der Waals surface area contributed by atoms with Gasteiger partial charge in [0.1, 0.15) is 0 Å². The zero-order valence-electron chi connectivity index (χ0n) is 8.75. The monoisotopic (exact) mass is 217 g/mol. The van der Waals surface area contributed by atoms with E-state index < -0.39 is 11.9 Å². The van der Waals surface area contributed by atoms with Crippen molar-refractivity contribution >= 4 is 5.97 Å². The highest BCUT2D eigenvalue weighted by Crippen LogP contribution is 2.28. The molecular formula is C12H11NO3. The molecule has 0 fully saturated rings. The smallest absolute Gasteiger partial charge is 0.310 e. The van der Waals surface area contributed by atoms with Gasteiger partial charge in [0.05, 0.1) is 12.1 Å². The van der Waals surface area contributed by atoms with Crippen molar-refractivity contribution in [3.63, 3.8) is 0 Å². The molecule has 0 aliphatic carbocycles.